The number of aryl methyl sites for hydroxylation is 2. The molecule has 0 spiro atoms. The van der Waals surface area contributed by atoms with Crippen LogP contribution in [-0.2, 0) is 13.2 Å². The Morgan fingerprint density at radius 1 is 1.58 bits per heavy atom. The third kappa shape index (κ3) is 3.14. The van der Waals surface area contributed by atoms with Crippen LogP contribution in [0.5, 0.6) is 5.75 Å². The van der Waals surface area contributed by atoms with E-state index in [0.29, 0.717) is 12.4 Å². The second-order valence-corrected chi connectivity index (χ2v) is 5.48. The first kappa shape index (κ1) is 13.6. The van der Waals surface area contributed by atoms with Crippen molar-refractivity contribution in [1.29, 1.82) is 0 Å². The van der Waals surface area contributed by atoms with Crippen molar-refractivity contribution < 1.29 is 14.6 Å². The van der Waals surface area contributed by atoms with E-state index in [4.69, 9.17) is 9.84 Å². The van der Waals surface area contributed by atoms with Gasteiger partial charge in [0.1, 0.15) is 12.4 Å². The van der Waals surface area contributed by atoms with E-state index >= 15 is 0 Å². The summed E-state index contributed by atoms with van der Waals surface area (Å²) < 4.78 is 7.63. The molecule has 0 aliphatic heterocycles. The lowest BCUT2D eigenvalue weighted by Gasteiger charge is -2.08. The summed E-state index contributed by atoms with van der Waals surface area (Å²) in [5.74, 6) is -0.519. The van der Waals surface area contributed by atoms with Crippen LogP contribution in [0, 0.1) is 6.92 Å². The first-order chi connectivity index (χ1) is 9.11. The highest BCUT2D eigenvalue weighted by molar-refractivity contribution is 7.14. The first-order valence-corrected chi connectivity index (χ1v) is 6.89. The van der Waals surface area contributed by atoms with Crippen LogP contribution in [0.1, 0.15) is 33.6 Å². The van der Waals surface area contributed by atoms with Gasteiger partial charge in [-0.1, -0.05) is 6.92 Å². The number of aromatic carboxylic acids is 1. The Kier molecular flexibility index (Phi) is 4.21. The van der Waals surface area contributed by atoms with E-state index in [1.54, 1.807) is 18.6 Å². The third-order valence-electron chi connectivity index (χ3n) is 2.65. The lowest BCUT2D eigenvalue weighted by Crippen LogP contribution is -2.06. The van der Waals surface area contributed by atoms with Gasteiger partial charge in [-0.15, -0.1) is 11.3 Å². The number of carbonyl (C=O) groups is 1. The number of ether oxygens (including phenoxy) is 1. The molecule has 2 aromatic rings. The summed E-state index contributed by atoms with van der Waals surface area (Å²) in [4.78, 5) is 16.3. The molecular formula is C13H16N2O3S. The summed E-state index contributed by atoms with van der Waals surface area (Å²) in [6.45, 7) is 5.17. The topological polar surface area (TPSA) is 64.4 Å². The zero-order valence-electron chi connectivity index (χ0n) is 10.9. The molecule has 2 rings (SSSR count). The Labute approximate surface area is 115 Å². The zero-order valence-corrected chi connectivity index (χ0v) is 11.7. The van der Waals surface area contributed by atoms with Crippen LogP contribution < -0.4 is 4.74 Å². The highest BCUT2D eigenvalue weighted by Gasteiger charge is 2.15. The van der Waals surface area contributed by atoms with Gasteiger partial charge in [-0.25, -0.2) is 9.78 Å². The predicted molar refractivity (Wildman–Crippen MR) is 72.9 cm³/mol. The van der Waals surface area contributed by atoms with E-state index in [1.165, 1.54) is 11.3 Å². The Balaban J connectivity index is 2.10. The number of imidazole rings is 1. The van der Waals surface area contributed by atoms with Crippen molar-refractivity contribution in [2.45, 2.75) is 33.4 Å². The number of hydrogen-bond acceptors (Lipinski definition) is 4. The van der Waals surface area contributed by atoms with Crippen LogP contribution in [-0.4, -0.2) is 20.6 Å². The van der Waals surface area contributed by atoms with Gasteiger partial charge in [-0.2, -0.15) is 0 Å². The molecule has 102 valence electrons. The smallest absolute Gasteiger partial charge is 0.349 e. The summed E-state index contributed by atoms with van der Waals surface area (Å²) in [6.07, 6.45) is 4.52. The number of carboxylic acid groups (broad SMARTS) is 1. The molecule has 0 bridgehead atoms. The van der Waals surface area contributed by atoms with Gasteiger partial charge in [0.25, 0.3) is 0 Å². The molecule has 0 unspecified atom stereocenters. The van der Waals surface area contributed by atoms with Gasteiger partial charge in [0.15, 0.2) is 4.88 Å². The fraction of sp³-hybridized carbons (Fsp3) is 0.385. The molecular weight excluding hydrogens is 264 g/mol. The van der Waals surface area contributed by atoms with Gasteiger partial charge in [0, 0.05) is 11.4 Å². The van der Waals surface area contributed by atoms with E-state index in [-0.39, 0.29) is 4.88 Å². The molecule has 0 radical (unpaired) electrons. The first-order valence-electron chi connectivity index (χ1n) is 6.07. The van der Waals surface area contributed by atoms with Crippen LogP contribution in [0.25, 0.3) is 0 Å². The second-order valence-electron chi connectivity index (χ2n) is 4.22. The molecule has 0 atom stereocenters. The van der Waals surface area contributed by atoms with Crippen LogP contribution in [0.3, 0.4) is 0 Å². The molecule has 6 heteroatoms. The summed E-state index contributed by atoms with van der Waals surface area (Å²) in [5.41, 5.74) is 0.946. The van der Waals surface area contributed by atoms with Crippen molar-refractivity contribution in [3.05, 3.63) is 34.0 Å². The summed E-state index contributed by atoms with van der Waals surface area (Å²) >= 11 is 1.23. The van der Waals surface area contributed by atoms with Crippen LogP contribution in [0.15, 0.2) is 18.6 Å². The largest absolute Gasteiger partial charge is 0.486 e. The Hall–Kier alpha value is -1.82. The van der Waals surface area contributed by atoms with Gasteiger partial charge in [0.2, 0.25) is 0 Å². The van der Waals surface area contributed by atoms with Crippen molar-refractivity contribution in [1.82, 2.24) is 9.55 Å². The van der Waals surface area contributed by atoms with Crippen molar-refractivity contribution in [2.75, 3.05) is 0 Å². The maximum atomic E-state index is 11.1. The monoisotopic (exact) mass is 280 g/mol. The van der Waals surface area contributed by atoms with E-state index < -0.39 is 5.97 Å². The number of rotatable bonds is 6. The lowest BCUT2D eigenvalue weighted by atomic mass is 10.4. The van der Waals surface area contributed by atoms with Crippen molar-refractivity contribution in [3.63, 3.8) is 0 Å². The van der Waals surface area contributed by atoms with Gasteiger partial charge < -0.3 is 14.4 Å². The van der Waals surface area contributed by atoms with Gasteiger partial charge in [0.05, 0.1) is 18.2 Å². The van der Waals surface area contributed by atoms with Gasteiger partial charge >= 0.3 is 5.97 Å². The second kappa shape index (κ2) is 5.88. The normalized spacial score (nSPS) is 10.6. The number of nitrogens with zero attached hydrogens (tertiary/aromatic N) is 2. The van der Waals surface area contributed by atoms with Crippen molar-refractivity contribution >= 4 is 17.3 Å². The molecule has 5 nitrogen and oxygen atoms in total. The fourth-order valence-electron chi connectivity index (χ4n) is 1.81. The predicted octanol–water partition coefficient (Wildman–Crippen LogP) is 2.94. The summed E-state index contributed by atoms with van der Waals surface area (Å²) in [5, 5.41) is 9.09. The van der Waals surface area contributed by atoms with E-state index in [0.717, 1.165) is 23.5 Å². The fourth-order valence-corrected chi connectivity index (χ4v) is 2.60. The van der Waals surface area contributed by atoms with E-state index in [2.05, 4.69) is 11.9 Å². The van der Waals surface area contributed by atoms with Gasteiger partial charge in [-0.3, -0.25) is 0 Å². The number of thiophene rings is 1. The minimum Gasteiger partial charge on any atom is -0.486 e. The number of carboxylic acids is 1. The molecule has 0 amide bonds. The van der Waals surface area contributed by atoms with Crippen molar-refractivity contribution in [3.8, 4) is 5.75 Å². The molecule has 19 heavy (non-hydrogen) atoms. The molecule has 0 saturated heterocycles. The SMILES string of the molecule is CCCn1cncc1COc1cc(C)sc1C(=O)O. The van der Waals surface area contributed by atoms with E-state index in [1.807, 2.05) is 11.5 Å². The Morgan fingerprint density at radius 3 is 3.05 bits per heavy atom. The lowest BCUT2D eigenvalue weighted by molar-refractivity contribution is 0.0697. The van der Waals surface area contributed by atoms with E-state index in [9.17, 15) is 4.79 Å². The third-order valence-corrected chi connectivity index (χ3v) is 3.67. The molecule has 0 aromatic carbocycles. The minimum atomic E-state index is -0.949. The van der Waals surface area contributed by atoms with Crippen LogP contribution >= 0.6 is 11.3 Å². The summed E-state index contributed by atoms with van der Waals surface area (Å²) in [7, 11) is 0. The van der Waals surface area contributed by atoms with Crippen molar-refractivity contribution in [2.24, 2.45) is 0 Å². The maximum absolute atomic E-state index is 11.1. The average Bonchev–Trinajstić information content (AvgIpc) is 2.94. The Bertz CT molecular complexity index is 574. The molecule has 0 aliphatic rings. The quantitative estimate of drug-likeness (QED) is 0.883. The van der Waals surface area contributed by atoms with Gasteiger partial charge in [-0.05, 0) is 19.4 Å². The van der Waals surface area contributed by atoms with Crippen LogP contribution in [0.2, 0.25) is 0 Å². The summed E-state index contributed by atoms with van der Waals surface area (Å²) in [6, 6.07) is 1.76. The molecule has 0 saturated carbocycles. The maximum Gasteiger partial charge on any atom is 0.349 e. The molecule has 2 heterocycles. The zero-order chi connectivity index (χ0) is 13.8. The number of hydrogen-bond donors (Lipinski definition) is 1. The average molecular weight is 280 g/mol. The minimum absolute atomic E-state index is 0.249. The highest BCUT2D eigenvalue weighted by Crippen LogP contribution is 2.29. The molecule has 2 aromatic heterocycles. The highest BCUT2D eigenvalue weighted by atomic mass is 32.1. The molecule has 0 aliphatic carbocycles. The van der Waals surface area contributed by atoms with Crippen LogP contribution in [0.4, 0.5) is 0 Å². The molecule has 0 fully saturated rings. The Morgan fingerprint density at radius 2 is 2.37 bits per heavy atom. The molecule has 1 N–H and O–H groups in total. The number of aromatic nitrogens is 2. The standard InChI is InChI=1S/C13H16N2O3S/c1-3-4-15-8-14-6-10(15)7-18-11-5-9(2)19-12(11)13(16)17/h5-6,8H,3-4,7H2,1-2H3,(H,16,17).